The van der Waals surface area contributed by atoms with Gasteiger partial charge >= 0.3 is 0 Å². The van der Waals surface area contributed by atoms with Gasteiger partial charge < -0.3 is 0 Å². The number of benzene rings is 1. The van der Waals surface area contributed by atoms with Crippen LogP contribution in [0.2, 0.25) is 0 Å². The lowest BCUT2D eigenvalue weighted by molar-refractivity contribution is 1.36. The Morgan fingerprint density at radius 3 is 2.36 bits per heavy atom. The van der Waals surface area contributed by atoms with Crippen LogP contribution in [0.1, 0.15) is 30.5 Å². The molecule has 0 nitrogen and oxygen atoms in total. The quantitative estimate of drug-likeness (QED) is 0.492. The van der Waals surface area contributed by atoms with Crippen molar-refractivity contribution in [2.24, 2.45) is 0 Å². The molecule has 0 aliphatic carbocycles. The Kier molecular flexibility index (Phi) is 8.11. The molecule has 0 heterocycles. The maximum absolute atomic E-state index is 3.10. The summed E-state index contributed by atoms with van der Waals surface area (Å²) in [6, 6.07) is 6.32. The van der Waals surface area contributed by atoms with E-state index in [2.05, 4.69) is 64.4 Å². The Hall–Kier alpha value is -0.140. The third kappa shape index (κ3) is 4.92. The van der Waals surface area contributed by atoms with Gasteiger partial charge in [0.2, 0.25) is 0 Å². The fourth-order valence-corrected chi connectivity index (χ4v) is 1.51. The van der Waals surface area contributed by atoms with Crippen LogP contribution in [-0.2, 0) is 0 Å². The summed E-state index contributed by atoms with van der Waals surface area (Å²) in [5.41, 5.74) is 3.68. The molecule has 1 aromatic rings. The minimum atomic E-state index is 1.13. The highest BCUT2D eigenvalue weighted by molar-refractivity contribution is 14.2. The van der Waals surface area contributed by atoms with Gasteiger partial charge in [-0.1, -0.05) is 37.5 Å². The van der Waals surface area contributed by atoms with E-state index < -0.39 is 0 Å². The van der Waals surface area contributed by atoms with Crippen molar-refractivity contribution in [3.8, 4) is 11.2 Å². The van der Waals surface area contributed by atoms with Crippen molar-refractivity contribution in [2.75, 3.05) is 0 Å². The van der Waals surface area contributed by atoms with Gasteiger partial charge in [-0.3, -0.25) is 0 Å². The van der Waals surface area contributed by atoms with E-state index in [1.807, 2.05) is 13.8 Å². The smallest absolute Gasteiger partial charge is 0.0283 e. The largest absolute Gasteiger partial charge is 0.0683 e. The Morgan fingerprint density at radius 1 is 1.21 bits per heavy atom. The first kappa shape index (κ1) is 13.9. The van der Waals surface area contributed by atoms with Gasteiger partial charge in [-0.05, 0) is 39.7 Å². The zero-order valence-electron chi connectivity index (χ0n) is 9.02. The molecule has 0 unspecified atom stereocenters. The van der Waals surface area contributed by atoms with Crippen LogP contribution >= 0.6 is 30.1 Å². The number of hydrogen-bond acceptors (Lipinski definition) is 1. The highest BCUT2D eigenvalue weighted by Gasteiger charge is 1.92. The second kappa shape index (κ2) is 8.19. The van der Waals surface area contributed by atoms with Gasteiger partial charge in [0, 0.05) is 26.8 Å². The normalized spacial score (nSPS) is 8.07. The van der Waals surface area contributed by atoms with Crippen LogP contribution in [-0.4, -0.2) is 0 Å². The molecule has 0 aliphatic rings. The molecule has 2 heteroatoms. The van der Waals surface area contributed by atoms with E-state index in [9.17, 15) is 0 Å². The minimum absolute atomic E-state index is 1.13. The predicted octanol–water partition coefficient (Wildman–Crippen LogP) is 4.72. The highest BCUT2D eigenvalue weighted by Crippen LogP contribution is 2.11. The fourth-order valence-electron chi connectivity index (χ4n) is 1.03. The van der Waals surface area contributed by atoms with E-state index in [1.54, 1.807) is 0 Å². The van der Waals surface area contributed by atoms with Gasteiger partial charge in [-0.2, -0.15) is 0 Å². The molecule has 0 bridgehead atoms. The molecule has 0 atom stereocenters. The number of hydrogen-bond donors (Lipinski definition) is 0. The maximum Gasteiger partial charge on any atom is 0.0283 e. The molecule has 0 amide bonds. The third-order valence-corrected chi connectivity index (χ3v) is 2.45. The summed E-state index contributed by atoms with van der Waals surface area (Å²) in [4.78, 5) is 0. The molecule has 76 valence electrons. The van der Waals surface area contributed by atoms with Gasteiger partial charge in [-0.15, -0.1) is 0 Å². The van der Waals surface area contributed by atoms with Crippen molar-refractivity contribution in [3.05, 3.63) is 34.9 Å². The lowest BCUT2D eigenvalue weighted by atomic mass is 10.1. The van der Waals surface area contributed by atoms with Crippen LogP contribution in [0.15, 0.2) is 18.2 Å². The van der Waals surface area contributed by atoms with Crippen molar-refractivity contribution >= 4 is 30.1 Å². The van der Waals surface area contributed by atoms with Crippen LogP contribution in [0, 0.1) is 25.0 Å². The zero-order valence-corrected chi connectivity index (χ0v) is 12.0. The Bertz CT molecular complexity index is 334. The van der Waals surface area contributed by atoms with E-state index in [4.69, 9.17) is 0 Å². The Balaban J connectivity index is 0.000000791. The van der Waals surface area contributed by atoms with Crippen molar-refractivity contribution in [1.29, 1.82) is 0 Å². The van der Waals surface area contributed by atoms with Gasteiger partial charge in [0.25, 0.3) is 0 Å². The Morgan fingerprint density at radius 2 is 1.86 bits per heavy atom. The Labute approximate surface area is 103 Å². The average Bonchev–Trinajstić information content (AvgIpc) is 2.20. The molecule has 0 aromatic heterocycles. The summed E-state index contributed by atoms with van der Waals surface area (Å²) in [5.74, 6) is 3.10. The molecule has 14 heavy (non-hydrogen) atoms. The zero-order chi connectivity index (χ0) is 11.0. The molecule has 1 rings (SSSR count). The molecule has 0 radical (unpaired) electrons. The molecule has 1 aromatic carbocycles. The first-order chi connectivity index (χ1) is 6.74. The first-order valence-electron chi connectivity index (χ1n) is 4.60. The lowest BCUT2D eigenvalue weighted by Gasteiger charge is -1.98. The second-order valence-electron chi connectivity index (χ2n) is 2.62. The topological polar surface area (TPSA) is 0 Å². The molecular weight excluding hydrogens is 303 g/mol. The van der Waals surface area contributed by atoms with Crippen molar-refractivity contribution in [3.63, 3.8) is 0 Å². The molecule has 0 fully saturated rings. The van der Waals surface area contributed by atoms with Crippen molar-refractivity contribution < 1.29 is 0 Å². The highest BCUT2D eigenvalue weighted by atomic mass is 127. The number of rotatable bonds is 0. The summed E-state index contributed by atoms with van der Waals surface area (Å²) in [7, 11) is 1.52. The summed E-state index contributed by atoms with van der Waals surface area (Å²) < 4.78 is 0. The van der Waals surface area contributed by atoms with Gasteiger partial charge in [0.05, 0.1) is 0 Å². The maximum atomic E-state index is 3.10. The van der Waals surface area contributed by atoms with E-state index >= 15 is 0 Å². The first-order valence-corrected chi connectivity index (χ1v) is 7.96. The van der Waals surface area contributed by atoms with Crippen LogP contribution in [0.4, 0.5) is 0 Å². The summed E-state index contributed by atoms with van der Waals surface area (Å²) >= 11 is 2.18. The van der Waals surface area contributed by atoms with Gasteiger partial charge in [0.15, 0.2) is 0 Å². The SMILES string of the molecule is CC.Cc1ccc(C#CSI)c(C)c1. The molecule has 0 saturated heterocycles. The summed E-state index contributed by atoms with van der Waals surface area (Å²) in [6.07, 6.45) is 0. The van der Waals surface area contributed by atoms with E-state index in [1.165, 1.54) is 20.1 Å². The van der Waals surface area contributed by atoms with Gasteiger partial charge in [-0.25, -0.2) is 0 Å². The van der Waals surface area contributed by atoms with Crippen molar-refractivity contribution in [1.82, 2.24) is 0 Å². The summed E-state index contributed by atoms with van der Waals surface area (Å²) in [5, 5.41) is 2.98. The minimum Gasteiger partial charge on any atom is -0.0683 e. The molecule has 0 saturated carbocycles. The predicted molar refractivity (Wildman–Crippen MR) is 75.8 cm³/mol. The van der Waals surface area contributed by atoms with E-state index in [0.717, 1.165) is 5.56 Å². The molecule has 0 aliphatic heterocycles. The molecular formula is C12H15IS. The molecule has 0 spiro atoms. The monoisotopic (exact) mass is 318 g/mol. The van der Waals surface area contributed by atoms with Crippen LogP contribution < -0.4 is 0 Å². The van der Waals surface area contributed by atoms with Crippen LogP contribution in [0.5, 0.6) is 0 Å². The second-order valence-corrected chi connectivity index (χ2v) is 4.30. The lowest BCUT2D eigenvalue weighted by Crippen LogP contribution is -1.82. The van der Waals surface area contributed by atoms with E-state index in [-0.39, 0.29) is 0 Å². The average molecular weight is 318 g/mol. The standard InChI is InChI=1S/C10H9IS.C2H6/c1-8-3-4-10(5-6-12-11)9(2)7-8;1-2/h3-4,7H,1-2H3;1-2H3. The fraction of sp³-hybridized carbons (Fsp3) is 0.333. The van der Waals surface area contributed by atoms with Gasteiger partial charge in [0.1, 0.15) is 0 Å². The third-order valence-electron chi connectivity index (χ3n) is 1.61. The van der Waals surface area contributed by atoms with E-state index in [0.29, 0.717) is 0 Å². The molecule has 0 N–H and O–H groups in total. The van der Waals surface area contributed by atoms with Crippen LogP contribution in [0.25, 0.3) is 0 Å². The number of halogens is 1. The number of aryl methyl sites for hydroxylation is 2. The van der Waals surface area contributed by atoms with Crippen LogP contribution in [0.3, 0.4) is 0 Å². The van der Waals surface area contributed by atoms with Crippen molar-refractivity contribution in [2.45, 2.75) is 27.7 Å². The summed E-state index contributed by atoms with van der Waals surface area (Å²) in [6.45, 7) is 8.19.